The summed E-state index contributed by atoms with van der Waals surface area (Å²) in [5.74, 6) is -0.415. The maximum Gasteiger partial charge on any atom is 0.307 e. The molecule has 2 unspecified atom stereocenters. The van der Waals surface area contributed by atoms with Gasteiger partial charge in [0.1, 0.15) is 0 Å². The van der Waals surface area contributed by atoms with E-state index in [0.717, 1.165) is 16.7 Å². The molecule has 0 bridgehead atoms. The van der Waals surface area contributed by atoms with Crippen LogP contribution in [0.25, 0.3) is 0 Å². The number of hydrogen-bond acceptors (Lipinski definition) is 4. The number of aliphatic hydroxyl groups excluding tert-OH is 1. The van der Waals surface area contributed by atoms with Gasteiger partial charge in [0.2, 0.25) is 0 Å². The molecule has 1 aromatic carbocycles. The van der Waals surface area contributed by atoms with E-state index in [1.54, 1.807) is 0 Å². The minimum absolute atomic E-state index is 0.00494. The number of aliphatic hydroxyl groups is 1. The summed E-state index contributed by atoms with van der Waals surface area (Å²) in [7, 11) is 1.30. The quantitative estimate of drug-likeness (QED) is 0.772. The SMILES string of the molecule is COC(=O)CC(N)C(O)c1ccc(C)cc1C. The number of carbonyl (C=O) groups is 1. The molecule has 0 spiro atoms. The van der Waals surface area contributed by atoms with Crippen LogP contribution in [0, 0.1) is 13.8 Å². The summed E-state index contributed by atoms with van der Waals surface area (Å²) in [5.41, 5.74) is 8.63. The fraction of sp³-hybridized carbons (Fsp3) is 0.462. The fourth-order valence-corrected chi connectivity index (χ4v) is 1.78. The van der Waals surface area contributed by atoms with Crippen molar-refractivity contribution < 1.29 is 14.6 Å². The number of ether oxygens (including phenoxy) is 1. The second-order valence-electron chi connectivity index (χ2n) is 4.25. The van der Waals surface area contributed by atoms with Crippen molar-refractivity contribution in [3.63, 3.8) is 0 Å². The highest BCUT2D eigenvalue weighted by molar-refractivity contribution is 5.70. The van der Waals surface area contributed by atoms with Gasteiger partial charge in [-0.15, -0.1) is 0 Å². The Balaban J connectivity index is 2.81. The molecule has 1 aromatic rings. The van der Waals surface area contributed by atoms with Gasteiger partial charge in [0.05, 0.1) is 19.6 Å². The number of benzene rings is 1. The zero-order valence-electron chi connectivity index (χ0n) is 10.4. The summed E-state index contributed by atoms with van der Waals surface area (Å²) >= 11 is 0. The van der Waals surface area contributed by atoms with E-state index in [0.29, 0.717) is 0 Å². The molecule has 2 atom stereocenters. The highest BCUT2D eigenvalue weighted by Gasteiger charge is 2.21. The van der Waals surface area contributed by atoms with E-state index in [4.69, 9.17) is 5.73 Å². The van der Waals surface area contributed by atoms with Crippen LogP contribution in [0.15, 0.2) is 18.2 Å². The summed E-state index contributed by atoms with van der Waals surface area (Å²) < 4.78 is 4.53. The van der Waals surface area contributed by atoms with Gasteiger partial charge >= 0.3 is 5.97 Å². The summed E-state index contributed by atoms with van der Waals surface area (Å²) in [6, 6.07) is 5.08. The minimum atomic E-state index is -0.852. The Hall–Kier alpha value is -1.39. The Morgan fingerprint density at radius 2 is 2.12 bits per heavy atom. The molecule has 94 valence electrons. The molecule has 4 nitrogen and oxygen atoms in total. The van der Waals surface area contributed by atoms with Crippen LogP contribution in [-0.4, -0.2) is 24.2 Å². The summed E-state index contributed by atoms with van der Waals surface area (Å²) in [6.07, 6.45) is -0.847. The summed E-state index contributed by atoms with van der Waals surface area (Å²) in [5, 5.41) is 10.1. The second kappa shape index (κ2) is 5.80. The first-order chi connectivity index (χ1) is 7.95. The average molecular weight is 237 g/mol. The maximum absolute atomic E-state index is 11.1. The lowest BCUT2D eigenvalue weighted by Gasteiger charge is -2.20. The number of nitrogens with two attached hydrogens (primary N) is 1. The monoisotopic (exact) mass is 237 g/mol. The van der Waals surface area contributed by atoms with Crippen molar-refractivity contribution in [3.8, 4) is 0 Å². The van der Waals surface area contributed by atoms with Gasteiger partial charge in [-0.05, 0) is 25.0 Å². The van der Waals surface area contributed by atoms with E-state index in [1.807, 2.05) is 32.0 Å². The second-order valence-corrected chi connectivity index (χ2v) is 4.25. The third-order valence-corrected chi connectivity index (χ3v) is 2.78. The highest BCUT2D eigenvalue weighted by atomic mass is 16.5. The summed E-state index contributed by atoms with van der Waals surface area (Å²) in [6.45, 7) is 3.90. The van der Waals surface area contributed by atoms with Gasteiger partial charge in [0, 0.05) is 6.04 Å². The first-order valence-corrected chi connectivity index (χ1v) is 5.53. The van der Waals surface area contributed by atoms with Gasteiger partial charge in [0.15, 0.2) is 0 Å². The molecule has 0 aliphatic carbocycles. The van der Waals surface area contributed by atoms with Crippen LogP contribution in [0.4, 0.5) is 0 Å². The molecular formula is C13H19NO3. The van der Waals surface area contributed by atoms with Crippen molar-refractivity contribution in [3.05, 3.63) is 34.9 Å². The van der Waals surface area contributed by atoms with Gasteiger partial charge in [0.25, 0.3) is 0 Å². The lowest BCUT2D eigenvalue weighted by molar-refractivity contribution is -0.141. The first kappa shape index (κ1) is 13.7. The predicted octanol–water partition coefficient (Wildman–Crippen LogP) is 1.23. The van der Waals surface area contributed by atoms with Crippen LogP contribution in [0.5, 0.6) is 0 Å². The standard InChI is InChI=1S/C13H19NO3/c1-8-4-5-10(9(2)6-8)13(16)11(14)7-12(15)17-3/h4-6,11,13,16H,7,14H2,1-3H3. The van der Waals surface area contributed by atoms with Gasteiger partial charge in [-0.3, -0.25) is 4.79 Å². The lowest BCUT2D eigenvalue weighted by Crippen LogP contribution is -2.31. The van der Waals surface area contributed by atoms with E-state index in [1.165, 1.54) is 7.11 Å². The van der Waals surface area contributed by atoms with Gasteiger partial charge in [-0.1, -0.05) is 23.8 Å². The molecule has 0 heterocycles. The molecule has 3 N–H and O–H groups in total. The Morgan fingerprint density at radius 3 is 2.65 bits per heavy atom. The average Bonchev–Trinajstić information content (AvgIpc) is 2.28. The van der Waals surface area contributed by atoms with E-state index >= 15 is 0 Å². The number of methoxy groups -OCH3 is 1. The number of rotatable bonds is 4. The molecular weight excluding hydrogens is 218 g/mol. The van der Waals surface area contributed by atoms with Crippen molar-refractivity contribution >= 4 is 5.97 Å². The van der Waals surface area contributed by atoms with E-state index in [2.05, 4.69) is 4.74 Å². The molecule has 0 aromatic heterocycles. The van der Waals surface area contributed by atoms with E-state index in [9.17, 15) is 9.90 Å². The Bertz CT molecular complexity index is 404. The molecule has 4 heteroatoms. The van der Waals surface area contributed by atoms with E-state index < -0.39 is 18.1 Å². The van der Waals surface area contributed by atoms with Crippen molar-refractivity contribution in [1.29, 1.82) is 0 Å². The zero-order valence-corrected chi connectivity index (χ0v) is 10.4. The van der Waals surface area contributed by atoms with Crippen molar-refractivity contribution in [2.75, 3.05) is 7.11 Å². The topological polar surface area (TPSA) is 72.5 Å². The minimum Gasteiger partial charge on any atom is -0.469 e. The molecule has 0 saturated heterocycles. The number of aryl methyl sites for hydroxylation is 2. The van der Waals surface area contributed by atoms with Crippen LogP contribution in [0.3, 0.4) is 0 Å². The number of hydrogen-bond donors (Lipinski definition) is 2. The van der Waals surface area contributed by atoms with Gasteiger partial charge in [-0.25, -0.2) is 0 Å². The Morgan fingerprint density at radius 1 is 1.47 bits per heavy atom. The third-order valence-electron chi connectivity index (χ3n) is 2.78. The normalized spacial score (nSPS) is 14.2. The lowest BCUT2D eigenvalue weighted by atomic mass is 9.95. The van der Waals surface area contributed by atoms with Crippen molar-refractivity contribution in [1.82, 2.24) is 0 Å². The summed E-state index contributed by atoms with van der Waals surface area (Å²) in [4.78, 5) is 11.1. The van der Waals surface area contributed by atoms with Crippen LogP contribution < -0.4 is 5.73 Å². The third kappa shape index (κ3) is 3.54. The van der Waals surface area contributed by atoms with Crippen LogP contribution >= 0.6 is 0 Å². The Kier molecular flexibility index (Phi) is 4.66. The molecule has 0 aliphatic rings. The smallest absolute Gasteiger partial charge is 0.307 e. The Labute approximate surface area is 101 Å². The fourth-order valence-electron chi connectivity index (χ4n) is 1.78. The van der Waals surface area contributed by atoms with Gasteiger partial charge < -0.3 is 15.6 Å². The largest absolute Gasteiger partial charge is 0.469 e. The number of esters is 1. The molecule has 0 radical (unpaired) electrons. The van der Waals surface area contributed by atoms with Crippen LogP contribution in [0.2, 0.25) is 0 Å². The van der Waals surface area contributed by atoms with Crippen LogP contribution in [0.1, 0.15) is 29.2 Å². The van der Waals surface area contributed by atoms with Crippen LogP contribution in [-0.2, 0) is 9.53 Å². The molecule has 17 heavy (non-hydrogen) atoms. The molecule has 0 saturated carbocycles. The zero-order chi connectivity index (χ0) is 13.0. The van der Waals surface area contributed by atoms with Crippen molar-refractivity contribution in [2.45, 2.75) is 32.4 Å². The number of carbonyl (C=O) groups excluding carboxylic acids is 1. The van der Waals surface area contributed by atoms with Gasteiger partial charge in [-0.2, -0.15) is 0 Å². The van der Waals surface area contributed by atoms with E-state index in [-0.39, 0.29) is 6.42 Å². The van der Waals surface area contributed by atoms with Crippen molar-refractivity contribution in [2.24, 2.45) is 5.73 Å². The first-order valence-electron chi connectivity index (χ1n) is 5.53. The molecule has 1 rings (SSSR count). The predicted molar refractivity (Wildman–Crippen MR) is 65.5 cm³/mol. The maximum atomic E-state index is 11.1. The molecule has 0 aliphatic heterocycles. The molecule has 0 fully saturated rings. The highest BCUT2D eigenvalue weighted by Crippen LogP contribution is 2.22. The molecule has 0 amide bonds.